The van der Waals surface area contributed by atoms with Crippen molar-refractivity contribution in [1.29, 1.82) is 0 Å². The maximum atomic E-state index is 12.3. The summed E-state index contributed by atoms with van der Waals surface area (Å²) in [5.41, 5.74) is 0. The number of aliphatic hydroxyl groups is 1. The highest BCUT2D eigenvalue weighted by Crippen LogP contribution is 2.29. The van der Waals surface area contributed by atoms with Crippen LogP contribution in [0.5, 0.6) is 0 Å². The first-order valence-electron chi connectivity index (χ1n) is 9.16. The second kappa shape index (κ2) is 8.78. The zero-order valence-electron chi connectivity index (χ0n) is 14.2. The van der Waals surface area contributed by atoms with Crippen LogP contribution >= 0.6 is 0 Å². The lowest BCUT2D eigenvalue weighted by atomic mass is 9.96. The van der Waals surface area contributed by atoms with Crippen LogP contribution in [-0.4, -0.2) is 34.9 Å². The average Bonchev–Trinajstić information content (AvgIpc) is 2.84. The van der Waals surface area contributed by atoms with Crippen LogP contribution in [0.4, 0.5) is 0 Å². The van der Waals surface area contributed by atoms with E-state index in [9.17, 15) is 14.7 Å². The number of carbonyl (C=O) groups is 2. The summed E-state index contributed by atoms with van der Waals surface area (Å²) in [6.45, 7) is 2.18. The highest BCUT2D eigenvalue weighted by molar-refractivity contribution is 5.90. The van der Waals surface area contributed by atoms with E-state index in [-0.39, 0.29) is 31.5 Å². The first-order chi connectivity index (χ1) is 11.0. The summed E-state index contributed by atoms with van der Waals surface area (Å²) in [4.78, 5) is 23.5. The average molecular weight is 326 g/mol. The monoisotopic (exact) mass is 326 g/mol. The summed E-state index contributed by atoms with van der Waals surface area (Å²) >= 11 is 0. The molecule has 23 heavy (non-hydrogen) atoms. The summed E-state index contributed by atoms with van der Waals surface area (Å²) in [7, 11) is 0. The molecule has 0 unspecified atom stereocenters. The fraction of sp³-hybridized carbons (Fsp3) is 0.889. The van der Waals surface area contributed by atoms with Crippen molar-refractivity contribution in [2.75, 3.05) is 0 Å². The zero-order valence-corrected chi connectivity index (χ0v) is 14.2. The van der Waals surface area contributed by atoms with Gasteiger partial charge in [0.05, 0.1) is 18.6 Å². The Morgan fingerprint density at radius 3 is 2.61 bits per heavy atom. The van der Waals surface area contributed by atoms with Gasteiger partial charge in [0.25, 0.3) is 5.79 Å². The molecule has 2 aliphatic rings. The SMILES string of the molecule is CCCCC[C@@H]1CCCCC[C@H](CC(=O)[C@]2(O)CCC(=O)O2)O1. The molecule has 0 spiro atoms. The van der Waals surface area contributed by atoms with Crippen molar-refractivity contribution in [3.05, 3.63) is 0 Å². The molecule has 2 saturated heterocycles. The van der Waals surface area contributed by atoms with Gasteiger partial charge in [0.1, 0.15) is 0 Å². The molecule has 0 amide bonds. The van der Waals surface area contributed by atoms with Crippen molar-refractivity contribution in [2.45, 2.75) is 102 Å². The first kappa shape index (κ1) is 18.4. The van der Waals surface area contributed by atoms with Crippen LogP contribution in [0.3, 0.4) is 0 Å². The van der Waals surface area contributed by atoms with Crippen molar-refractivity contribution in [3.8, 4) is 0 Å². The topological polar surface area (TPSA) is 72.8 Å². The third kappa shape index (κ3) is 5.57. The molecule has 132 valence electrons. The number of rotatable bonds is 7. The van der Waals surface area contributed by atoms with Crippen LogP contribution in [0.1, 0.15) is 84.0 Å². The van der Waals surface area contributed by atoms with Crippen LogP contribution in [0.2, 0.25) is 0 Å². The summed E-state index contributed by atoms with van der Waals surface area (Å²) in [5.74, 6) is -2.83. The fourth-order valence-corrected chi connectivity index (χ4v) is 3.44. The van der Waals surface area contributed by atoms with E-state index in [0.29, 0.717) is 0 Å². The number of esters is 1. The van der Waals surface area contributed by atoms with Crippen LogP contribution < -0.4 is 0 Å². The predicted molar refractivity (Wildman–Crippen MR) is 85.8 cm³/mol. The molecular formula is C18H30O5. The molecule has 2 heterocycles. The summed E-state index contributed by atoms with van der Waals surface area (Å²) < 4.78 is 11.0. The maximum Gasteiger partial charge on any atom is 0.308 e. The Balaban J connectivity index is 1.87. The largest absolute Gasteiger partial charge is 0.425 e. The zero-order chi connectivity index (χ0) is 16.7. The van der Waals surface area contributed by atoms with E-state index in [0.717, 1.165) is 38.5 Å². The van der Waals surface area contributed by atoms with Gasteiger partial charge < -0.3 is 14.6 Å². The second-order valence-corrected chi connectivity index (χ2v) is 6.90. The third-order valence-electron chi connectivity index (χ3n) is 4.87. The van der Waals surface area contributed by atoms with Gasteiger partial charge in [-0.25, -0.2) is 0 Å². The molecule has 0 aliphatic carbocycles. The molecule has 5 heteroatoms. The van der Waals surface area contributed by atoms with Crippen molar-refractivity contribution in [2.24, 2.45) is 0 Å². The molecule has 0 aromatic rings. The highest BCUT2D eigenvalue weighted by Gasteiger charge is 2.45. The number of hydrogen-bond donors (Lipinski definition) is 1. The Labute approximate surface area is 138 Å². The van der Waals surface area contributed by atoms with Crippen molar-refractivity contribution in [1.82, 2.24) is 0 Å². The molecular weight excluding hydrogens is 296 g/mol. The van der Waals surface area contributed by atoms with Crippen LogP contribution in [0.15, 0.2) is 0 Å². The molecule has 0 radical (unpaired) electrons. The lowest BCUT2D eigenvalue weighted by Crippen LogP contribution is -2.41. The Hall–Kier alpha value is -0.940. The van der Waals surface area contributed by atoms with E-state index in [2.05, 4.69) is 6.92 Å². The molecule has 2 rings (SSSR count). The predicted octanol–water partition coefficient (Wildman–Crippen LogP) is 3.27. The molecule has 0 aromatic heterocycles. The number of hydrogen-bond acceptors (Lipinski definition) is 5. The van der Waals surface area contributed by atoms with Gasteiger partial charge in [0.15, 0.2) is 0 Å². The van der Waals surface area contributed by atoms with Crippen molar-refractivity contribution >= 4 is 11.8 Å². The molecule has 0 saturated carbocycles. The number of unbranched alkanes of at least 4 members (excludes halogenated alkanes) is 2. The summed E-state index contributed by atoms with van der Waals surface area (Å²) in [6.07, 6.45) is 10.2. The van der Waals surface area contributed by atoms with Gasteiger partial charge in [-0.3, -0.25) is 9.59 Å². The second-order valence-electron chi connectivity index (χ2n) is 6.90. The Bertz CT molecular complexity index is 408. The van der Waals surface area contributed by atoms with Crippen LogP contribution in [0.25, 0.3) is 0 Å². The van der Waals surface area contributed by atoms with Gasteiger partial charge in [0.2, 0.25) is 5.78 Å². The molecule has 2 fully saturated rings. The number of Topliss-reactive ketones (excluding diaryl/α,β-unsaturated/α-hetero) is 1. The minimum Gasteiger partial charge on any atom is -0.425 e. The lowest BCUT2D eigenvalue weighted by molar-refractivity contribution is -0.196. The van der Waals surface area contributed by atoms with Gasteiger partial charge in [-0.2, -0.15) is 0 Å². The van der Waals surface area contributed by atoms with Gasteiger partial charge in [-0.1, -0.05) is 45.4 Å². The lowest BCUT2D eigenvalue weighted by Gasteiger charge is -2.29. The Kier molecular flexibility index (Phi) is 7.03. The molecule has 3 atom stereocenters. The third-order valence-corrected chi connectivity index (χ3v) is 4.87. The van der Waals surface area contributed by atoms with Gasteiger partial charge >= 0.3 is 5.97 Å². The highest BCUT2D eigenvalue weighted by atomic mass is 16.7. The molecule has 0 bridgehead atoms. The van der Waals surface area contributed by atoms with Gasteiger partial charge in [0, 0.05) is 12.8 Å². The number of ketones is 1. The number of carbonyl (C=O) groups excluding carboxylic acids is 2. The number of ether oxygens (including phenoxy) is 2. The smallest absolute Gasteiger partial charge is 0.308 e. The molecule has 5 nitrogen and oxygen atoms in total. The Morgan fingerprint density at radius 2 is 1.96 bits per heavy atom. The van der Waals surface area contributed by atoms with E-state index >= 15 is 0 Å². The first-order valence-corrected chi connectivity index (χ1v) is 9.16. The van der Waals surface area contributed by atoms with Crippen LogP contribution in [0, 0.1) is 0 Å². The standard InChI is InChI=1S/C18H30O5/c1-2-3-5-8-14-9-6-4-7-10-15(22-14)13-16(19)18(21)12-11-17(20)23-18/h14-15,21H,2-13H2,1H3/t14-,15-,18+/m1/s1. The fourth-order valence-electron chi connectivity index (χ4n) is 3.44. The molecule has 1 N–H and O–H groups in total. The van der Waals surface area contributed by atoms with E-state index in [1.54, 1.807) is 0 Å². The van der Waals surface area contributed by atoms with Gasteiger partial charge in [-0.05, 0) is 19.3 Å². The van der Waals surface area contributed by atoms with E-state index in [1.165, 1.54) is 19.3 Å². The van der Waals surface area contributed by atoms with E-state index in [4.69, 9.17) is 9.47 Å². The summed E-state index contributed by atoms with van der Waals surface area (Å²) in [5, 5.41) is 10.2. The van der Waals surface area contributed by atoms with Gasteiger partial charge in [-0.15, -0.1) is 0 Å². The minimum atomic E-state index is -1.92. The normalized spacial score (nSPS) is 32.2. The Morgan fingerprint density at radius 1 is 1.22 bits per heavy atom. The van der Waals surface area contributed by atoms with E-state index in [1.807, 2.05) is 0 Å². The number of cyclic esters (lactones) is 1. The minimum absolute atomic E-state index is 0.0668. The quantitative estimate of drug-likeness (QED) is 0.574. The summed E-state index contributed by atoms with van der Waals surface area (Å²) in [6, 6.07) is 0. The van der Waals surface area contributed by atoms with E-state index < -0.39 is 17.5 Å². The van der Waals surface area contributed by atoms with Crippen molar-refractivity contribution in [3.63, 3.8) is 0 Å². The molecule has 0 aromatic carbocycles. The molecule has 2 aliphatic heterocycles. The maximum absolute atomic E-state index is 12.3. The van der Waals surface area contributed by atoms with Crippen molar-refractivity contribution < 1.29 is 24.2 Å². The van der Waals surface area contributed by atoms with Crippen LogP contribution in [-0.2, 0) is 19.1 Å².